The third kappa shape index (κ3) is 1.50. The second kappa shape index (κ2) is 3.18. The summed E-state index contributed by atoms with van der Waals surface area (Å²) in [7, 11) is 0. The van der Waals surface area contributed by atoms with E-state index in [4.69, 9.17) is 5.11 Å². The van der Waals surface area contributed by atoms with Crippen LogP contribution in [0.2, 0.25) is 0 Å². The van der Waals surface area contributed by atoms with Gasteiger partial charge < -0.3 is 10.0 Å². The number of amides is 1. The molecule has 1 heterocycles. The predicted octanol–water partition coefficient (Wildman–Crippen LogP) is 0.810. The first kappa shape index (κ1) is 10.4. The fraction of sp³-hybridized carbons (Fsp3) is 0.800. The summed E-state index contributed by atoms with van der Waals surface area (Å²) in [6, 6.07) is -0.748. The van der Waals surface area contributed by atoms with Crippen LogP contribution in [-0.4, -0.2) is 40.6 Å². The van der Waals surface area contributed by atoms with Gasteiger partial charge in [0.25, 0.3) is 0 Å². The maximum atomic E-state index is 13.0. The van der Waals surface area contributed by atoms with Gasteiger partial charge in [-0.3, -0.25) is 4.79 Å². The number of hydrogen-bond acceptors (Lipinski definition) is 2. The van der Waals surface area contributed by atoms with Crippen molar-refractivity contribution in [2.24, 2.45) is 5.41 Å². The number of aliphatic carboxylic acids is 1. The molecule has 0 aromatic carbocycles. The average Bonchev–Trinajstić information content (AvgIpc) is 2.68. The van der Waals surface area contributed by atoms with Gasteiger partial charge in [-0.15, -0.1) is 0 Å². The zero-order valence-corrected chi connectivity index (χ0v) is 8.57. The zero-order chi connectivity index (χ0) is 11.2. The minimum atomic E-state index is -1.10. The standard InChI is InChI=1S/C10H14FNO3/c1-10(5-7(10)11)9(15)12-4-2-3-6(12)8(13)14/h6-7H,2-5H2,1H3,(H,13,14). The number of carbonyl (C=O) groups excluding carboxylic acids is 1. The fourth-order valence-electron chi connectivity index (χ4n) is 2.13. The number of carboxylic acids is 1. The van der Waals surface area contributed by atoms with Crippen LogP contribution in [0.3, 0.4) is 0 Å². The fourth-order valence-corrected chi connectivity index (χ4v) is 2.13. The smallest absolute Gasteiger partial charge is 0.326 e. The second-order valence-corrected chi connectivity index (χ2v) is 4.58. The highest BCUT2D eigenvalue weighted by atomic mass is 19.1. The summed E-state index contributed by atoms with van der Waals surface area (Å²) >= 11 is 0. The van der Waals surface area contributed by atoms with E-state index in [1.54, 1.807) is 6.92 Å². The summed E-state index contributed by atoms with van der Waals surface area (Å²) < 4.78 is 13.0. The minimum absolute atomic E-state index is 0.231. The molecule has 2 rings (SSSR count). The van der Waals surface area contributed by atoms with Crippen LogP contribution < -0.4 is 0 Å². The maximum Gasteiger partial charge on any atom is 0.326 e. The Kier molecular flexibility index (Phi) is 2.20. The molecule has 0 radical (unpaired) electrons. The van der Waals surface area contributed by atoms with Gasteiger partial charge in [0.2, 0.25) is 5.91 Å². The molecule has 2 fully saturated rings. The highest BCUT2D eigenvalue weighted by molar-refractivity contribution is 5.90. The molecule has 1 N–H and O–H groups in total. The number of rotatable bonds is 2. The summed E-state index contributed by atoms with van der Waals surface area (Å²) in [6.07, 6.45) is 0.304. The Morgan fingerprint density at radius 2 is 2.13 bits per heavy atom. The van der Waals surface area contributed by atoms with Gasteiger partial charge in [0, 0.05) is 6.54 Å². The Morgan fingerprint density at radius 1 is 1.53 bits per heavy atom. The molecule has 3 atom stereocenters. The molecule has 0 bridgehead atoms. The molecule has 84 valence electrons. The molecular formula is C10H14FNO3. The maximum absolute atomic E-state index is 13.0. The first-order valence-corrected chi connectivity index (χ1v) is 5.15. The van der Waals surface area contributed by atoms with Crippen molar-refractivity contribution < 1.29 is 19.1 Å². The molecule has 1 saturated heterocycles. The Labute approximate surface area is 87.1 Å². The van der Waals surface area contributed by atoms with E-state index in [0.717, 1.165) is 0 Å². The Morgan fingerprint density at radius 3 is 2.60 bits per heavy atom. The third-order valence-electron chi connectivity index (χ3n) is 3.42. The van der Waals surface area contributed by atoms with Crippen LogP contribution in [0.5, 0.6) is 0 Å². The Balaban J connectivity index is 2.10. The van der Waals surface area contributed by atoms with Crippen molar-refractivity contribution in [3.05, 3.63) is 0 Å². The number of carbonyl (C=O) groups is 2. The van der Waals surface area contributed by atoms with Gasteiger partial charge in [0.05, 0.1) is 5.41 Å². The molecule has 2 aliphatic rings. The summed E-state index contributed by atoms with van der Waals surface area (Å²) in [5.74, 6) is -1.32. The van der Waals surface area contributed by atoms with E-state index < -0.39 is 23.6 Å². The molecule has 0 spiro atoms. The number of likely N-dealkylation sites (tertiary alicyclic amines) is 1. The van der Waals surface area contributed by atoms with E-state index in [0.29, 0.717) is 19.4 Å². The zero-order valence-electron chi connectivity index (χ0n) is 8.57. The third-order valence-corrected chi connectivity index (χ3v) is 3.42. The lowest BCUT2D eigenvalue weighted by Gasteiger charge is -2.24. The topological polar surface area (TPSA) is 57.6 Å². The lowest BCUT2D eigenvalue weighted by atomic mass is 10.1. The van der Waals surface area contributed by atoms with Gasteiger partial charge in [-0.05, 0) is 26.2 Å². The summed E-state index contributed by atoms with van der Waals surface area (Å²) in [4.78, 5) is 24.1. The largest absolute Gasteiger partial charge is 0.480 e. The molecule has 1 aliphatic carbocycles. The highest BCUT2D eigenvalue weighted by Gasteiger charge is 2.60. The molecule has 1 saturated carbocycles. The summed E-state index contributed by atoms with van der Waals surface area (Å²) in [5.41, 5.74) is -0.946. The number of halogens is 1. The van der Waals surface area contributed by atoms with Crippen molar-refractivity contribution in [3.63, 3.8) is 0 Å². The Bertz CT molecular complexity index is 320. The lowest BCUT2D eigenvalue weighted by Crippen LogP contribution is -2.44. The van der Waals surface area contributed by atoms with Crippen molar-refractivity contribution in [2.45, 2.75) is 38.4 Å². The summed E-state index contributed by atoms with van der Waals surface area (Å²) in [5, 5.41) is 8.90. The van der Waals surface area contributed by atoms with Crippen LogP contribution in [0, 0.1) is 5.41 Å². The van der Waals surface area contributed by atoms with Crippen LogP contribution >= 0.6 is 0 Å². The van der Waals surface area contributed by atoms with Gasteiger partial charge in [0.15, 0.2) is 0 Å². The summed E-state index contributed by atoms with van der Waals surface area (Å²) in [6.45, 7) is 2.01. The number of nitrogens with zero attached hydrogens (tertiary/aromatic N) is 1. The lowest BCUT2D eigenvalue weighted by molar-refractivity contribution is -0.150. The molecule has 5 heteroatoms. The molecule has 0 aromatic rings. The van der Waals surface area contributed by atoms with Crippen molar-refractivity contribution in [3.8, 4) is 0 Å². The number of carboxylic acid groups (broad SMARTS) is 1. The van der Waals surface area contributed by atoms with Crippen molar-refractivity contribution in [2.75, 3.05) is 6.54 Å². The molecular weight excluding hydrogens is 201 g/mol. The van der Waals surface area contributed by atoms with Crippen molar-refractivity contribution in [1.29, 1.82) is 0 Å². The van der Waals surface area contributed by atoms with Crippen molar-refractivity contribution >= 4 is 11.9 Å². The van der Waals surface area contributed by atoms with E-state index in [1.165, 1.54) is 4.90 Å². The van der Waals surface area contributed by atoms with E-state index in [1.807, 2.05) is 0 Å². The minimum Gasteiger partial charge on any atom is -0.480 e. The van der Waals surface area contributed by atoms with E-state index >= 15 is 0 Å². The van der Waals surface area contributed by atoms with Crippen LogP contribution in [0.15, 0.2) is 0 Å². The van der Waals surface area contributed by atoms with Crippen LogP contribution in [0.4, 0.5) is 4.39 Å². The normalized spacial score (nSPS) is 39.2. The van der Waals surface area contributed by atoms with Gasteiger partial charge in [-0.1, -0.05) is 0 Å². The highest BCUT2D eigenvalue weighted by Crippen LogP contribution is 2.50. The second-order valence-electron chi connectivity index (χ2n) is 4.58. The van der Waals surface area contributed by atoms with E-state index in [2.05, 4.69) is 0 Å². The monoisotopic (exact) mass is 215 g/mol. The molecule has 3 unspecified atom stereocenters. The van der Waals surface area contributed by atoms with Crippen LogP contribution in [0.25, 0.3) is 0 Å². The van der Waals surface area contributed by atoms with Crippen LogP contribution in [0.1, 0.15) is 26.2 Å². The molecule has 4 nitrogen and oxygen atoms in total. The number of hydrogen-bond donors (Lipinski definition) is 1. The molecule has 1 aliphatic heterocycles. The molecule has 1 amide bonds. The van der Waals surface area contributed by atoms with Crippen LogP contribution in [-0.2, 0) is 9.59 Å². The quantitative estimate of drug-likeness (QED) is 0.741. The Hall–Kier alpha value is -1.13. The predicted molar refractivity (Wildman–Crippen MR) is 50.0 cm³/mol. The first-order chi connectivity index (χ1) is 6.97. The molecule has 15 heavy (non-hydrogen) atoms. The van der Waals surface area contributed by atoms with Crippen molar-refractivity contribution in [1.82, 2.24) is 4.90 Å². The van der Waals surface area contributed by atoms with E-state index in [9.17, 15) is 14.0 Å². The van der Waals surface area contributed by atoms with Gasteiger partial charge in [-0.25, -0.2) is 9.18 Å². The van der Waals surface area contributed by atoms with Gasteiger partial charge >= 0.3 is 5.97 Å². The SMILES string of the molecule is CC1(C(=O)N2CCCC2C(=O)O)CC1F. The van der Waals surface area contributed by atoms with Gasteiger partial charge in [0.1, 0.15) is 12.2 Å². The van der Waals surface area contributed by atoms with Gasteiger partial charge in [-0.2, -0.15) is 0 Å². The average molecular weight is 215 g/mol. The van der Waals surface area contributed by atoms with E-state index in [-0.39, 0.29) is 12.3 Å². The molecule has 0 aromatic heterocycles. The first-order valence-electron chi connectivity index (χ1n) is 5.15. The number of alkyl halides is 1.